The minimum Gasteiger partial charge on any atom is -0.382 e. The Balaban J connectivity index is 1.41. The Hall–Kier alpha value is -1.06. The summed E-state index contributed by atoms with van der Waals surface area (Å²) < 4.78 is 0. The van der Waals surface area contributed by atoms with Crippen LogP contribution in [0.25, 0.3) is 0 Å². The van der Waals surface area contributed by atoms with E-state index in [1.54, 1.807) is 0 Å². The zero-order valence-electron chi connectivity index (χ0n) is 13.6. The molecule has 0 saturated carbocycles. The first-order valence-corrected chi connectivity index (χ1v) is 9.23. The molecule has 4 rings (SSSR count). The Labute approximate surface area is 134 Å². The van der Waals surface area contributed by atoms with Gasteiger partial charge in [0.1, 0.15) is 0 Å². The van der Waals surface area contributed by atoms with Gasteiger partial charge < -0.3 is 10.6 Å². The van der Waals surface area contributed by atoms with Gasteiger partial charge in [0.2, 0.25) is 0 Å². The predicted octanol–water partition coefficient (Wildman–Crippen LogP) is 3.54. The third kappa shape index (κ3) is 3.02. The number of hydrogen-bond donors (Lipinski definition) is 2. The summed E-state index contributed by atoms with van der Waals surface area (Å²) in [6, 6.07) is 11.5. The van der Waals surface area contributed by atoms with Gasteiger partial charge in [0.15, 0.2) is 0 Å². The van der Waals surface area contributed by atoms with E-state index in [2.05, 4.69) is 39.8 Å². The summed E-state index contributed by atoms with van der Waals surface area (Å²) in [5.74, 6) is 0. The molecule has 120 valence electrons. The zero-order chi connectivity index (χ0) is 14.8. The molecule has 22 heavy (non-hydrogen) atoms. The SMILES string of the molecule is c1cc(C2CCC3CCCCN32)ccc1NC1CCNCC1. The Kier molecular flexibility index (Phi) is 4.35. The van der Waals surface area contributed by atoms with Crippen LogP contribution in [0.4, 0.5) is 5.69 Å². The van der Waals surface area contributed by atoms with Crippen molar-refractivity contribution in [1.29, 1.82) is 0 Å². The molecule has 3 heterocycles. The standard InChI is InChI=1S/C19H29N3/c1-2-14-22-18(3-1)8-9-19(22)15-4-6-16(7-5-15)21-17-10-12-20-13-11-17/h4-7,17-21H,1-3,8-14H2. The molecule has 3 fully saturated rings. The maximum atomic E-state index is 3.70. The van der Waals surface area contributed by atoms with Crippen LogP contribution in [-0.4, -0.2) is 36.6 Å². The number of piperidine rings is 2. The first-order chi connectivity index (χ1) is 10.9. The fourth-order valence-corrected chi connectivity index (χ4v) is 4.62. The van der Waals surface area contributed by atoms with Crippen LogP contribution in [-0.2, 0) is 0 Å². The molecule has 0 aromatic heterocycles. The molecule has 1 aromatic rings. The van der Waals surface area contributed by atoms with Gasteiger partial charge in [0.25, 0.3) is 0 Å². The molecule has 2 N–H and O–H groups in total. The van der Waals surface area contributed by atoms with E-state index in [4.69, 9.17) is 0 Å². The summed E-state index contributed by atoms with van der Waals surface area (Å²) in [5.41, 5.74) is 2.82. The van der Waals surface area contributed by atoms with Crippen LogP contribution in [0.15, 0.2) is 24.3 Å². The summed E-state index contributed by atoms with van der Waals surface area (Å²) in [4.78, 5) is 2.78. The molecule has 3 aliphatic rings. The van der Waals surface area contributed by atoms with E-state index in [-0.39, 0.29) is 0 Å². The van der Waals surface area contributed by atoms with Crippen LogP contribution in [0, 0.1) is 0 Å². The molecule has 2 unspecified atom stereocenters. The summed E-state index contributed by atoms with van der Waals surface area (Å²) in [7, 11) is 0. The van der Waals surface area contributed by atoms with Crippen molar-refractivity contribution in [3.05, 3.63) is 29.8 Å². The van der Waals surface area contributed by atoms with Gasteiger partial charge in [-0.2, -0.15) is 0 Å². The molecule has 3 aliphatic heterocycles. The van der Waals surface area contributed by atoms with Crippen molar-refractivity contribution in [3.63, 3.8) is 0 Å². The van der Waals surface area contributed by atoms with Gasteiger partial charge in [-0.15, -0.1) is 0 Å². The van der Waals surface area contributed by atoms with E-state index in [1.165, 1.54) is 62.7 Å². The van der Waals surface area contributed by atoms with E-state index in [0.717, 1.165) is 19.1 Å². The largest absolute Gasteiger partial charge is 0.382 e. The van der Waals surface area contributed by atoms with Crippen molar-refractivity contribution < 1.29 is 0 Å². The second-order valence-corrected chi connectivity index (χ2v) is 7.27. The van der Waals surface area contributed by atoms with Crippen LogP contribution in [0.2, 0.25) is 0 Å². The zero-order valence-corrected chi connectivity index (χ0v) is 13.6. The maximum absolute atomic E-state index is 3.70. The van der Waals surface area contributed by atoms with Crippen LogP contribution in [0.3, 0.4) is 0 Å². The topological polar surface area (TPSA) is 27.3 Å². The van der Waals surface area contributed by atoms with Gasteiger partial charge >= 0.3 is 0 Å². The Morgan fingerprint density at radius 1 is 0.909 bits per heavy atom. The van der Waals surface area contributed by atoms with E-state index in [9.17, 15) is 0 Å². The van der Waals surface area contributed by atoms with Crippen molar-refractivity contribution in [2.45, 2.75) is 63.1 Å². The Morgan fingerprint density at radius 2 is 1.73 bits per heavy atom. The first kappa shape index (κ1) is 14.5. The van der Waals surface area contributed by atoms with Crippen LogP contribution < -0.4 is 10.6 Å². The molecule has 3 nitrogen and oxygen atoms in total. The highest BCUT2D eigenvalue weighted by atomic mass is 15.2. The lowest BCUT2D eigenvalue weighted by atomic mass is 10.0. The number of nitrogens with zero attached hydrogens (tertiary/aromatic N) is 1. The molecule has 0 radical (unpaired) electrons. The average molecular weight is 299 g/mol. The highest BCUT2D eigenvalue weighted by Crippen LogP contribution is 2.40. The van der Waals surface area contributed by atoms with Crippen molar-refractivity contribution in [2.75, 3.05) is 25.0 Å². The Bertz CT molecular complexity index is 478. The highest BCUT2D eigenvalue weighted by Gasteiger charge is 2.35. The summed E-state index contributed by atoms with van der Waals surface area (Å²) in [5, 5.41) is 7.13. The van der Waals surface area contributed by atoms with Crippen molar-refractivity contribution >= 4 is 5.69 Å². The Morgan fingerprint density at radius 3 is 2.55 bits per heavy atom. The number of fused-ring (bicyclic) bond motifs is 1. The van der Waals surface area contributed by atoms with E-state index < -0.39 is 0 Å². The third-order valence-corrected chi connectivity index (χ3v) is 5.85. The van der Waals surface area contributed by atoms with Gasteiger partial charge in [-0.3, -0.25) is 4.90 Å². The normalized spacial score (nSPS) is 30.2. The molecular weight excluding hydrogens is 270 g/mol. The van der Waals surface area contributed by atoms with Gasteiger partial charge in [-0.25, -0.2) is 0 Å². The molecular formula is C19H29N3. The van der Waals surface area contributed by atoms with E-state index in [0.29, 0.717) is 12.1 Å². The lowest BCUT2D eigenvalue weighted by molar-refractivity contribution is 0.150. The number of anilines is 1. The third-order valence-electron chi connectivity index (χ3n) is 5.85. The number of rotatable bonds is 3. The minimum absolute atomic E-state index is 0.644. The number of nitrogens with one attached hydrogen (secondary N) is 2. The average Bonchev–Trinajstić information content (AvgIpc) is 3.01. The molecule has 2 atom stereocenters. The van der Waals surface area contributed by atoms with Crippen LogP contribution in [0.5, 0.6) is 0 Å². The molecule has 1 aromatic carbocycles. The van der Waals surface area contributed by atoms with Gasteiger partial charge in [-0.1, -0.05) is 18.6 Å². The smallest absolute Gasteiger partial charge is 0.0351 e. The second kappa shape index (κ2) is 6.59. The number of hydrogen-bond acceptors (Lipinski definition) is 3. The monoisotopic (exact) mass is 299 g/mol. The minimum atomic E-state index is 0.644. The van der Waals surface area contributed by atoms with Gasteiger partial charge in [0, 0.05) is 23.8 Å². The molecule has 3 heteroatoms. The van der Waals surface area contributed by atoms with E-state index >= 15 is 0 Å². The molecule has 0 amide bonds. The lowest BCUT2D eigenvalue weighted by Gasteiger charge is -2.34. The van der Waals surface area contributed by atoms with Crippen molar-refractivity contribution in [2.24, 2.45) is 0 Å². The molecule has 0 aliphatic carbocycles. The summed E-state index contributed by atoms with van der Waals surface area (Å²) in [6.07, 6.45) is 9.48. The van der Waals surface area contributed by atoms with Crippen LogP contribution >= 0.6 is 0 Å². The molecule has 0 spiro atoms. The maximum Gasteiger partial charge on any atom is 0.0351 e. The highest BCUT2D eigenvalue weighted by molar-refractivity contribution is 5.46. The quantitative estimate of drug-likeness (QED) is 0.894. The van der Waals surface area contributed by atoms with Crippen molar-refractivity contribution in [3.8, 4) is 0 Å². The number of benzene rings is 1. The van der Waals surface area contributed by atoms with Crippen molar-refractivity contribution in [1.82, 2.24) is 10.2 Å². The fraction of sp³-hybridized carbons (Fsp3) is 0.684. The van der Waals surface area contributed by atoms with E-state index in [1.807, 2.05) is 0 Å². The fourth-order valence-electron chi connectivity index (χ4n) is 4.62. The van der Waals surface area contributed by atoms with Gasteiger partial charge in [-0.05, 0) is 75.9 Å². The second-order valence-electron chi connectivity index (χ2n) is 7.27. The van der Waals surface area contributed by atoms with Crippen LogP contribution in [0.1, 0.15) is 56.6 Å². The summed E-state index contributed by atoms with van der Waals surface area (Å²) in [6.45, 7) is 3.60. The predicted molar refractivity (Wildman–Crippen MR) is 92.3 cm³/mol. The molecule has 3 saturated heterocycles. The molecule has 0 bridgehead atoms. The van der Waals surface area contributed by atoms with Gasteiger partial charge in [0.05, 0.1) is 0 Å². The lowest BCUT2D eigenvalue weighted by Crippen LogP contribution is -2.36. The first-order valence-electron chi connectivity index (χ1n) is 9.23. The summed E-state index contributed by atoms with van der Waals surface area (Å²) >= 11 is 0.